The van der Waals surface area contributed by atoms with Crippen LogP contribution in [0.15, 0.2) is 16.7 Å². The lowest BCUT2D eigenvalue weighted by Gasteiger charge is -2.15. The molecule has 2 rings (SSSR count). The van der Waals surface area contributed by atoms with Gasteiger partial charge in [-0.2, -0.15) is 13.2 Å². The highest BCUT2D eigenvalue weighted by Crippen LogP contribution is 2.24. The van der Waals surface area contributed by atoms with Gasteiger partial charge in [0.2, 0.25) is 0 Å². The van der Waals surface area contributed by atoms with E-state index in [1.54, 1.807) is 12.3 Å². The molecule has 1 aliphatic carbocycles. The molecule has 3 nitrogen and oxygen atoms in total. The number of furan rings is 1. The van der Waals surface area contributed by atoms with Crippen LogP contribution in [0.1, 0.15) is 31.1 Å². The minimum Gasteiger partial charge on any atom is -0.467 e. The fourth-order valence-corrected chi connectivity index (χ4v) is 1.45. The molecule has 1 unspecified atom stereocenters. The maximum atomic E-state index is 12.2. The highest BCUT2D eigenvalue weighted by Gasteiger charge is 2.37. The van der Waals surface area contributed by atoms with E-state index in [1.807, 2.05) is 0 Å². The minimum atomic E-state index is -4.33. The molecule has 1 fully saturated rings. The van der Waals surface area contributed by atoms with Crippen molar-refractivity contribution in [2.24, 2.45) is 0 Å². The third-order valence-corrected chi connectivity index (χ3v) is 2.82. The van der Waals surface area contributed by atoms with Crippen molar-refractivity contribution in [3.8, 4) is 0 Å². The van der Waals surface area contributed by atoms with Crippen molar-refractivity contribution in [1.82, 2.24) is 5.32 Å². The molecule has 18 heavy (non-hydrogen) atoms. The fourth-order valence-electron chi connectivity index (χ4n) is 1.45. The Labute approximate surface area is 103 Å². The summed E-state index contributed by atoms with van der Waals surface area (Å²) in [6.07, 6.45) is -2.18. The van der Waals surface area contributed by atoms with Gasteiger partial charge in [-0.15, -0.1) is 0 Å². The quantitative estimate of drug-likeness (QED) is 0.856. The van der Waals surface area contributed by atoms with Gasteiger partial charge in [0, 0.05) is 18.2 Å². The van der Waals surface area contributed by atoms with Crippen LogP contribution < -0.4 is 5.32 Å². The van der Waals surface area contributed by atoms with E-state index in [0.717, 1.165) is 12.5 Å². The molecule has 0 radical (unpaired) electrons. The van der Waals surface area contributed by atoms with Gasteiger partial charge in [0.1, 0.15) is 12.4 Å². The highest BCUT2D eigenvalue weighted by atomic mass is 19.4. The molecule has 1 aromatic rings. The molecular formula is C12H16F3NO2. The number of rotatable bonds is 6. The Kier molecular flexibility index (Phi) is 3.97. The van der Waals surface area contributed by atoms with Gasteiger partial charge in [0.15, 0.2) is 6.10 Å². The van der Waals surface area contributed by atoms with E-state index in [-0.39, 0.29) is 6.61 Å². The van der Waals surface area contributed by atoms with Crippen LogP contribution in [0.25, 0.3) is 0 Å². The first-order valence-electron chi connectivity index (χ1n) is 5.93. The van der Waals surface area contributed by atoms with Crippen molar-refractivity contribution in [2.45, 2.75) is 51.2 Å². The zero-order valence-electron chi connectivity index (χ0n) is 10.1. The summed E-state index contributed by atoms with van der Waals surface area (Å²) in [7, 11) is 0. The first-order valence-corrected chi connectivity index (χ1v) is 5.93. The predicted molar refractivity (Wildman–Crippen MR) is 58.9 cm³/mol. The summed E-state index contributed by atoms with van der Waals surface area (Å²) in [6, 6.07) is 2.31. The summed E-state index contributed by atoms with van der Waals surface area (Å²) in [5.41, 5.74) is 0.931. The predicted octanol–water partition coefficient (Wildman–Crippen LogP) is 3.00. The van der Waals surface area contributed by atoms with E-state index in [9.17, 15) is 13.2 Å². The van der Waals surface area contributed by atoms with Gasteiger partial charge in [-0.05, 0) is 25.8 Å². The van der Waals surface area contributed by atoms with Crippen LogP contribution in [0, 0.1) is 0 Å². The van der Waals surface area contributed by atoms with Gasteiger partial charge < -0.3 is 14.5 Å². The molecule has 1 aliphatic rings. The first kappa shape index (κ1) is 13.4. The van der Waals surface area contributed by atoms with E-state index >= 15 is 0 Å². The first-order chi connectivity index (χ1) is 8.45. The summed E-state index contributed by atoms with van der Waals surface area (Å²) < 4.78 is 46.5. The molecule has 0 aliphatic heterocycles. The number of hydrogen-bond donors (Lipinski definition) is 1. The van der Waals surface area contributed by atoms with Gasteiger partial charge in [-0.3, -0.25) is 0 Å². The number of halogens is 3. The molecule has 6 heteroatoms. The molecule has 1 saturated carbocycles. The van der Waals surface area contributed by atoms with Crippen LogP contribution in [0.3, 0.4) is 0 Å². The minimum absolute atomic E-state index is 0.163. The van der Waals surface area contributed by atoms with Crippen LogP contribution >= 0.6 is 0 Å². The number of nitrogens with one attached hydrogen (secondary N) is 1. The average molecular weight is 263 g/mol. The SMILES string of the molecule is CC(OCc1cc(CNC2CC2)co1)C(F)(F)F. The molecule has 0 bridgehead atoms. The topological polar surface area (TPSA) is 34.4 Å². The van der Waals surface area contributed by atoms with E-state index in [4.69, 9.17) is 9.15 Å². The smallest absolute Gasteiger partial charge is 0.414 e. The molecule has 0 saturated heterocycles. The number of hydrogen-bond acceptors (Lipinski definition) is 3. The van der Waals surface area contributed by atoms with E-state index in [0.29, 0.717) is 18.3 Å². The second kappa shape index (κ2) is 5.32. The molecule has 102 valence electrons. The van der Waals surface area contributed by atoms with E-state index in [2.05, 4.69) is 5.32 Å². The van der Waals surface area contributed by atoms with Crippen molar-refractivity contribution in [3.05, 3.63) is 23.7 Å². The van der Waals surface area contributed by atoms with Crippen LogP contribution in [-0.2, 0) is 17.9 Å². The van der Waals surface area contributed by atoms with Crippen molar-refractivity contribution < 1.29 is 22.3 Å². The molecule has 0 aromatic carbocycles. The average Bonchev–Trinajstić information content (AvgIpc) is 3.01. The molecule has 0 amide bonds. The molecule has 1 heterocycles. The zero-order valence-corrected chi connectivity index (χ0v) is 10.1. The summed E-state index contributed by atoms with van der Waals surface area (Å²) in [6.45, 7) is 1.51. The monoisotopic (exact) mass is 263 g/mol. The van der Waals surface area contributed by atoms with E-state index in [1.165, 1.54) is 12.8 Å². The van der Waals surface area contributed by atoms with Crippen LogP contribution in [-0.4, -0.2) is 18.3 Å². The van der Waals surface area contributed by atoms with Crippen LogP contribution in [0.5, 0.6) is 0 Å². The fraction of sp³-hybridized carbons (Fsp3) is 0.667. The Morgan fingerprint density at radius 3 is 2.83 bits per heavy atom. The van der Waals surface area contributed by atoms with Crippen LogP contribution in [0.2, 0.25) is 0 Å². The van der Waals surface area contributed by atoms with Crippen molar-refractivity contribution in [3.63, 3.8) is 0 Å². The Morgan fingerprint density at radius 2 is 2.22 bits per heavy atom. The lowest BCUT2D eigenvalue weighted by Crippen LogP contribution is -2.28. The number of ether oxygens (including phenoxy) is 1. The maximum absolute atomic E-state index is 12.2. The second-order valence-electron chi connectivity index (χ2n) is 4.57. The summed E-state index contributed by atoms with van der Waals surface area (Å²) in [4.78, 5) is 0. The van der Waals surface area contributed by atoms with Crippen molar-refractivity contribution >= 4 is 0 Å². The molecule has 0 spiro atoms. The number of alkyl halides is 3. The summed E-state index contributed by atoms with van der Waals surface area (Å²) in [5, 5.41) is 3.29. The van der Waals surface area contributed by atoms with Crippen molar-refractivity contribution in [2.75, 3.05) is 0 Å². The zero-order chi connectivity index (χ0) is 13.2. The molecule has 1 aromatic heterocycles. The van der Waals surface area contributed by atoms with Crippen molar-refractivity contribution in [1.29, 1.82) is 0 Å². The van der Waals surface area contributed by atoms with Gasteiger partial charge in [0.05, 0.1) is 6.26 Å². The molecule has 1 atom stereocenters. The second-order valence-corrected chi connectivity index (χ2v) is 4.57. The van der Waals surface area contributed by atoms with Gasteiger partial charge in [0.25, 0.3) is 0 Å². The third kappa shape index (κ3) is 4.03. The molecular weight excluding hydrogens is 247 g/mol. The van der Waals surface area contributed by atoms with Gasteiger partial charge in [-0.25, -0.2) is 0 Å². The Morgan fingerprint density at radius 1 is 1.50 bits per heavy atom. The lowest BCUT2D eigenvalue weighted by molar-refractivity contribution is -0.218. The van der Waals surface area contributed by atoms with Gasteiger partial charge >= 0.3 is 6.18 Å². The standard InChI is InChI=1S/C12H16F3NO2/c1-8(12(13,14)15)17-7-11-4-9(6-18-11)5-16-10-2-3-10/h4,6,8,10,16H,2-3,5,7H2,1H3. The summed E-state index contributed by atoms with van der Waals surface area (Å²) >= 11 is 0. The normalized spacial score (nSPS) is 18.0. The maximum Gasteiger partial charge on any atom is 0.414 e. The Bertz CT molecular complexity index is 385. The van der Waals surface area contributed by atoms with E-state index < -0.39 is 12.3 Å². The largest absolute Gasteiger partial charge is 0.467 e. The lowest BCUT2D eigenvalue weighted by atomic mass is 10.3. The molecule has 1 N–H and O–H groups in total. The third-order valence-electron chi connectivity index (χ3n) is 2.82. The summed E-state index contributed by atoms with van der Waals surface area (Å²) in [5.74, 6) is 0.415. The Hall–Kier alpha value is -1.01. The Balaban J connectivity index is 1.75. The van der Waals surface area contributed by atoms with Gasteiger partial charge in [-0.1, -0.05) is 0 Å². The highest BCUT2D eigenvalue weighted by molar-refractivity contribution is 5.12. The van der Waals surface area contributed by atoms with Crippen LogP contribution in [0.4, 0.5) is 13.2 Å².